The van der Waals surface area contributed by atoms with Crippen molar-refractivity contribution in [3.05, 3.63) is 39.9 Å². The van der Waals surface area contributed by atoms with Gasteiger partial charge in [0.2, 0.25) is 0 Å². The molecule has 3 rings (SSSR count). The number of aryl methyl sites for hydroxylation is 1. The van der Waals surface area contributed by atoms with Crippen LogP contribution < -0.4 is 10.9 Å². The fraction of sp³-hybridized carbons (Fsp3) is 0.529. The third kappa shape index (κ3) is 3.79. The standard InChI is InChI=1S/C17H23N5O3/c1-11(2)22-18-9-14(20-22)19-16(23)15-12(3)6-7-21(17(15)24)10-13-5-4-8-25-13/h6-7,9,11,13H,4-5,8,10H2,1-3H3,(H,19,20,23). The van der Waals surface area contributed by atoms with Crippen molar-refractivity contribution in [3.63, 3.8) is 0 Å². The van der Waals surface area contributed by atoms with Gasteiger partial charge in [-0.3, -0.25) is 9.59 Å². The Morgan fingerprint density at radius 2 is 2.28 bits per heavy atom. The summed E-state index contributed by atoms with van der Waals surface area (Å²) in [5.41, 5.74) is 0.436. The van der Waals surface area contributed by atoms with E-state index >= 15 is 0 Å². The van der Waals surface area contributed by atoms with E-state index < -0.39 is 5.91 Å². The van der Waals surface area contributed by atoms with Crippen LogP contribution in [0.3, 0.4) is 0 Å². The van der Waals surface area contributed by atoms with Gasteiger partial charge in [0.05, 0.1) is 24.9 Å². The van der Waals surface area contributed by atoms with Gasteiger partial charge in [0.1, 0.15) is 5.56 Å². The van der Waals surface area contributed by atoms with Crippen LogP contribution in [0, 0.1) is 6.92 Å². The molecule has 134 valence electrons. The average molecular weight is 345 g/mol. The Bertz CT molecular complexity index is 818. The third-order valence-corrected chi connectivity index (χ3v) is 4.24. The zero-order valence-electron chi connectivity index (χ0n) is 14.7. The molecular formula is C17H23N5O3. The predicted molar refractivity (Wildman–Crippen MR) is 92.8 cm³/mol. The lowest BCUT2D eigenvalue weighted by Gasteiger charge is -2.14. The average Bonchev–Trinajstić information content (AvgIpc) is 3.22. The smallest absolute Gasteiger partial charge is 0.263 e. The van der Waals surface area contributed by atoms with Crippen LogP contribution in [-0.2, 0) is 11.3 Å². The van der Waals surface area contributed by atoms with Gasteiger partial charge in [-0.1, -0.05) is 0 Å². The Balaban J connectivity index is 1.82. The predicted octanol–water partition coefficient (Wildman–Crippen LogP) is 1.76. The molecule has 2 aromatic rings. The van der Waals surface area contributed by atoms with Crippen LogP contribution in [0.1, 0.15) is 48.7 Å². The number of amides is 1. The molecule has 1 N–H and O–H groups in total. The second kappa shape index (κ2) is 7.18. The van der Waals surface area contributed by atoms with E-state index in [4.69, 9.17) is 4.74 Å². The number of carbonyl (C=O) groups excluding carboxylic acids is 1. The second-order valence-corrected chi connectivity index (χ2v) is 6.56. The summed E-state index contributed by atoms with van der Waals surface area (Å²) in [5, 5.41) is 10.9. The monoisotopic (exact) mass is 345 g/mol. The summed E-state index contributed by atoms with van der Waals surface area (Å²) >= 11 is 0. The molecule has 0 spiro atoms. The zero-order chi connectivity index (χ0) is 18.0. The van der Waals surface area contributed by atoms with Gasteiger partial charge < -0.3 is 14.6 Å². The molecular weight excluding hydrogens is 322 g/mol. The van der Waals surface area contributed by atoms with Gasteiger partial charge in [0.25, 0.3) is 11.5 Å². The SMILES string of the molecule is Cc1ccn(CC2CCCO2)c(=O)c1C(=O)Nc1cnn(C(C)C)n1. The summed E-state index contributed by atoms with van der Waals surface area (Å²) in [7, 11) is 0. The highest BCUT2D eigenvalue weighted by atomic mass is 16.5. The molecule has 1 fully saturated rings. The second-order valence-electron chi connectivity index (χ2n) is 6.56. The van der Waals surface area contributed by atoms with Crippen molar-refractivity contribution in [3.8, 4) is 0 Å². The number of hydrogen-bond donors (Lipinski definition) is 1. The van der Waals surface area contributed by atoms with Crippen LogP contribution in [0.2, 0.25) is 0 Å². The Morgan fingerprint density at radius 3 is 2.92 bits per heavy atom. The summed E-state index contributed by atoms with van der Waals surface area (Å²) in [6, 6.07) is 1.86. The maximum atomic E-state index is 12.7. The maximum Gasteiger partial charge on any atom is 0.263 e. The molecule has 1 unspecified atom stereocenters. The van der Waals surface area contributed by atoms with E-state index in [1.165, 1.54) is 11.0 Å². The summed E-state index contributed by atoms with van der Waals surface area (Å²) in [6.07, 6.45) is 5.15. The summed E-state index contributed by atoms with van der Waals surface area (Å²) in [4.78, 5) is 26.8. The third-order valence-electron chi connectivity index (χ3n) is 4.24. The van der Waals surface area contributed by atoms with Crippen molar-refractivity contribution >= 4 is 11.7 Å². The number of nitrogens with zero attached hydrogens (tertiary/aromatic N) is 4. The molecule has 8 heteroatoms. The molecule has 0 aliphatic carbocycles. The molecule has 0 aromatic carbocycles. The molecule has 25 heavy (non-hydrogen) atoms. The van der Waals surface area contributed by atoms with Crippen molar-refractivity contribution in [2.24, 2.45) is 0 Å². The van der Waals surface area contributed by atoms with Crippen molar-refractivity contribution in [2.45, 2.75) is 52.3 Å². The van der Waals surface area contributed by atoms with Gasteiger partial charge in [-0.2, -0.15) is 9.90 Å². The first kappa shape index (κ1) is 17.3. The molecule has 3 heterocycles. The minimum atomic E-state index is -0.472. The lowest BCUT2D eigenvalue weighted by molar-refractivity contribution is 0.0952. The molecule has 0 saturated carbocycles. The molecule has 1 saturated heterocycles. The Labute approximate surface area is 145 Å². The fourth-order valence-corrected chi connectivity index (χ4v) is 2.85. The summed E-state index contributed by atoms with van der Waals surface area (Å²) in [6.45, 7) is 6.82. The number of rotatable bonds is 5. The number of nitrogens with one attached hydrogen (secondary N) is 1. The van der Waals surface area contributed by atoms with Gasteiger partial charge in [0, 0.05) is 12.8 Å². The maximum absolute atomic E-state index is 12.7. The lowest BCUT2D eigenvalue weighted by atomic mass is 10.1. The molecule has 2 aromatic heterocycles. The zero-order valence-corrected chi connectivity index (χ0v) is 14.7. The number of pyridine rings is 1. The van der Waals surface area contributed by atoms with E-state index in [0.29, 0.717) is 17.9 Å². The van der Waals surface area contributed by atoms with Crippen molar-refractivity contribution in [2.75, 3.05) is 11.9 Å². The molecule has 1 atom stereocenters. The molecule has 8 nitrogen and oxygen atoms in total. The minimum Gasteiger partial charge on any atom is -0.376 e. The van der Waals surface area contributed by atoms with Crippen molar-refractivity contribution in [1.29, 1.82) is 0 Å². The quantitative estimate of drug-likeness (QED) is 0.891. The minimum absolute atomic E-state index is 0.0299. The number of aromatic nitrogens is 4. The van der Waals surface area contributed by atoms with Crippen LogP contribution in [0.5, 0.6) is 0 Å². The molecule has 0 radical (unpaired) electrons. The highest BCUT2D eigenvalue weighted by Crippen LogP contribution is 2.14. The molecule has 1 amide bonds. The Hall–Kier alpha value is -2.48. The van der Waals surface area contributed by atoms with E-state index in [9.17, 15) is 9.59 Å². The first-order valence-corrected chi connectivity index (χ1v) is 8.50. The highest BCUT2D eigenvalue weighted by Gasteiger charge is 2.21. The largest absolute Gasteiger partial charge is 0.376 e. The molecule has 1 aliphatic rings. The number of ether oxygens (including phenoxy) is 1. The summed E-state index contributed by atoms with van der Waals surface area (Å²) in [5.74, 6) is -0.146. The van der Waals surface area contributed by atoms with Crippen LogP contribution in [0.15, 0.2) is 23.3 Å². The van der Waals surface area contributed by atoms with E-state index in [2.05, 4.69) is 15.5 Å². The number of hydrogen-bond acceptors (Lipinski definition) is 5. The van der Waals surface area contributed by atoms with E-state index in [1.807, 2.05) is 13.8 Å². The van der Waals surface area contributed by atoms with Gasteiger partial charge in [-0.15, -0.1) is 5.10 Å². The first-order valence-electron chi connectivity index (χ1n) is 8.50. The van der Waals surface area contributed by atoms with E-state index in [0.717, 1.165) is 19.4 Å². The lowest BCUT2D eigenvalue weighted by Crippen LogP contribution is -2.33. The van der Waals surface area contributed by atoms with Crippen LogP contribution in [-0.4, -0.2) is 38.2 Å². The van der Waals surface area contributed by atoms with Gasteiger partial charge in [0.15, 0.2) is 5.82 Å². The summed E-state index contributed by atoms with van der Waals surface area (Å²) < 4.78 is 7.13. The first-order chi connectivity index (χ1) is 12.0. The van der Waals surface area contributed by atoms with Crippen LogP contribution >= 0.6 is 0 Å². The van der Waals surface area contributed by atoms with Crippen LogP contribution in [0.4, 0.5) is 5.82 Å². The van der Waals surface area contributed by atoms with Crippen LogP contribution in [0.25, 0.3) is 0 Å². The normalized spacial score (nSPS) is 17.2. The van der Waals surface area contributed by atoms with E-state index in [1.54, 1.807) is 23.8 Å². The number of carbonyl (C=O) groups is 1. The van der Waals surface area contributed by atoms with Gasteiger partial charge >= 0.3 is 0 Å². The molecule has 1 aliphatic heterocycles. The Morgan fingerprint density at radius 1 is 1.48 bits per heavy atom. The molecule has 0 bridgehead atoms. The van der Waals surface area contributed by atoms with E-state index in [-0.39, 0.29) is 23.3 Å². The number of anilines is 1. The van der Waals surface area contributed by atoms with Gasteiger partial charge in [-0.25, -0.2) is 0 Å². The topological polar surface area (TPSA) is 91.0 Å². The van der Waals surface area contributed by atoms with Crippen molar-refractivity contribution < 1.29 is 9.53 Å². The fourth-order valence-electron chi connectivity index (χ4n) is 2.85. The van der Waals surface area contributed by atoms with Crippen molar-refractivity contribution in [1.82, 2.24) is 19.6 Å². The van der Waals surface area contributed by atoms with Gasteiger partial charge in [-0.05, 0) is 45.2 Å². The highest BCUT2D eigenvalue weighted by molar-refractivity contribution is 6.04. The Kier molecular flexibility index (Phi) is 4.98.